The number of benzene rings is 2. The summed E-state index contributed by atoms with van der Waals surface area (Å²) in [6.45, 7) is 0. The number of aldehydes is 1. The van der Waals surface area contributed by atoms with Gasteiger partial charge in [-0.25, -0.2) is 4.39 Å². The maximum atomic E-state index is 13.0. The molecule has 0 aliphatic rings. The fraction of sp³-hybridized carbons (Fsp3) is 0. The number of halogens is 1. The molecule has 2 nitrogen and oxygen atoms in total. The molecule has 3 heteroatoms. The predicted octanol–water partition coefficient (Wildman–Crippen LogP) is 3.51. The van der Waals surface area contributed by atoms with E-state index in [-0.39, 0.29) is 17.1 Å². The first-order valence-corrected chi connectivity index (χ1v) is 5.41. The van der Waals surface area contributed by atoms with Crippen molar-refractivity contribution in [2.24, 2.45) is 0 Å². The molecule has 0 amide bonds. The Morgan fingerprint density at radius 3 is 2.39 bits per heavy atom. The number of aromatic hydroxyl groups is 1. The zero-order valence-electron chi connectivity index (χ0n) is 9.51. The van der Waals surface area contributed by atoms with Gasteiger partial charge in [0.25, 0.3) is 0 Å². The summed E-state index contributed by atoms with van der Waals surface area (Å²) in [6, 6.07) is 10.9. The highest BCUT2D eigenvalue weighted by Crippen LogP contribution is 2.18. The molecule has 2 aromatic carbocycles. The zero-order chi connectivity index (χ0) is 13.0. The van der Waals surface area contributed by atoms with Gasteiger partial charge < -0.3 is 5.11 Å². The normalized spacial score (nSPS) is 10.7. The number of phenolic OH excluding ortho intramolecular Hbond substituents is 1. The van der Waals surface area contributed by atoms with Crippen molar-refractivity contribution in [3.63, 3.8) is 0 Å². The van der Waals surface area contributed by atoms with Gasteiger partial charge >= 0.3 is 0 Å². The summed E-state index contributed by atoms with van der Waals surface area (Å²) in [5, 5.41) is 9.35. The van der Waals surface area contributed by atoms with Crippen LogP contribution in [0.15, 0.2) is 42.5 Å². The van der Waals surface area contributed by atoms with Crippen LogP contribution < -0.4 is 0 Å². The molecule has 0 fully saturated rings. The third-order valence-electron chi connectivity index (χ3n) is 2.50. The van der Waals surface area contributed by atoms with E-state index in [2.05, 4.69) is 0 Å². The van der Waals surface area contributed by atoms with Gasteiger partial charge in [0, 0.05) is 0 Å². The van der Waals surface area contributed by atoms with E-state index >= 15 is 0 Å². The van der Waals surface area contributed by atoms with Crippen molar-refractivity contribution in [3.8, 4) is 5.75 Å². The van der Waals surface area contributed by atoms with Crippen LogP contribution in [0.2, 0.25) is 0 Å². The van der Waals surface area contributed by atoms with E-state index in [0.717, 1.165) is 11.1 Å². The van der Waals surface area contributed by atoms with Gasteiger partial charge in [-0.05, 0) is 35.4 Å². The summed E-state index contributed by atoms with van der Waals surface area (Å²) in [6.07, 6.45) is 4.08. The summed E-state index contributed by atoms with van der Waals surface area (Å²) in [5.41, 5.74) is 1.73. The first kappa shape index (κ1) is 12.0. The van der Waals surface area contributed by atoms with Gasteiger partial charge in [-0.1, -0.05) is 30.4 Å². The van der Waals surface area contributed by atoms with Gasteiger partial charge in [-0.2, -0.15) is 0 Å². The molecule has 0 saturated heterocycles. The summed E-state index contributed by atoms with van der Waals surface area (Å²) in [5.74, 6) is -0.343. The molecular formula is C15H11FO2. The van der Waals surface area contributed by atoms with E-state index in [1.54, 1.807) is 36.4 Å². The molecule has 2 aromatic rings. The molecule has 0 aromatic heterocycles. The minimum Gasteiger partial charge on any atom is -0.507 e. The molecule has 18 heavy (non-hydrogen) atoms. The average molecular weight is 242 g/mol. The first-order valence-electron chi connectivity index (χ1n) is 5.41. The maximum absolute atomic E-state index is 13.0. The Hall–Kier alpha value is -2.42. The van der Waals surface area contributed by atoms with Crippen LogP contribution in [-0.4, -0.2) is 11.4 Å². The van der Waals surface area contributed by atoms with Crippen molar-refractivity contribution in [1.29, 1.82) is 0 Å². The molecule has 1 N–H and O–H groups in total. The fourth-order valence-corrected chi connectivity index (χ4v) is 1.57. The summed E-state index contributed by atoms with van der Waals surface area (Å²) in [4.78, 5) is 10.7. The lowest BCUT2D eigenvalue weighted by Crippen LogP contribution is -1.82. The lowest BCUT2D eigenvalue weighted by molar-refractivity contribution is 0.112. The van der Waals surface area contributed by atoms with Crippen LogP contribution in [0, 0.1) is 5.82 Å². The monoisotopic (exact) mass is 242 g/mol. The van der Waals surface area contributed by atoms with Crippen molar-refractivity contribution in [2.75, 3.05) is 0 Å². The second-order valence-electron chi connectivity index (χ2n) is 3.82. The molecule has 0 bridgehead atoms. The van der Waals surface area contributed by atoms with Crippen LogP contribution in [0.25, 0.3) is 12.2 Å². The predicted molar refractivity (Wildman–Crippen MR) is 68.8 cm³/mol. The van der Waals surface area contributed by atoms with Crippen LogP contribution in [0.3, 0.4) is 0 Å². The van der Waals surface area contributed by atoms with Crippen molar-refractivity contribution in [2.45, 2.75) is 0 Å². The van der Waals surface area contributed by atoms with Crippen LogP contribution in [0.5, 0.6) is 5.75 Å². The quantitative estimate of drug-likeness (QED) is 0.660. The molecule has 0 spiro atoms. The molecule has 2 rings (SSSR count). The van der Waals surface area contributed by atoms with E-state index < -0.39 is 0 Å². The van der Waals surface area contributed by atoms with Crippen LogP contribution >= 0.6 is 0 Å². The van der Waals surface area contributed by atoms with Crippen LogP contribution in [-0.2, 0) is 0 Å². The van der Waals surface area contributed by atoms with E-state index in [1.807, 2.05) is 0 Å². The molecule has 0 aliphatic carbocycles. The fourth-order valence-electron chi connectivity index (χ4n) is 1.57. The Kier molecular flexibility index (Phi) is 3.53. The molecular weight excluding hydrogens is 231 g/mol. The molecule has 0 radical (unpaired) electrons. The van der Waals surface area contributed by atoms with Gasteiger partial charge in [-0.15, -0.1) is 0 Å². The Balaban J connectivity index is 2.26. The van der Waals surface area contributed by atoms with Gasteiger partial charge in [0.15, 0.2) is 6.29 Å². The third kappa shape index (κ3) is 2.83. The second kappa shape index (κ2) is 5.27. The van der Waals surface area contributed by atoms with E-state index in [9.17, 15) is 14.3 Å². The number of phenols is 1. The Morgan fingerprint density at radius 1 is 1.00 bits per heavy atom. The number of carbonyl (C=O) groups excluding carboxylic acids is 1. The Bertz CT molecular complexity index is 603. The van der Waals surface area contributed by atoms with Crippen molar-refractivity contribution in [1.82, 2.24) is 0 Å². The van der Waals surface area contributed by atoms with Crippen molar-refractivity contribution in [3.05, 3.63) is 65.0 Å². The number of rotatable bonds is 3. The van der Waals surface area contributed by atoms with Gasteiger partial charge in [0.1, 0.15) is 11.6 Å². The molecule has 0 atom stereocenters. The second-order valence-corrected chi connectivity index (χ2v) is 3.82. The highest BCUT2D eigenvalue weighted by Gasteiger charge is 1.99. The molecule has 0 aliphatic heterocycles. The van der Waals surface area contributed by atoms with Crippen molar-refractivity contribution < 1.29 is 14.3 Å². The van der Waals surface area contributed by atoms with Crippen molar-refractivity contribution >= 4 is 18.4 Å². The lowest BCUT2D eigenvalue weighted by Gasteiger charge is -1.99. The first-order chi connectivity index (χ1) is 8.69. The third-order valence-corrected chi connectivity index (χ3v) is 2.50. The Labute approximate surface area is 104 Å². The van der Waals surface area contributed by atoms with Gasteiger partial charge in [0.2, 0.25) is 0 Å². The van der Waals surface area contributed by atoms with Gasteiger partial charge in [0.05, 0.1) is 5.56 Å². The summed E-state index contributed by atoms with van der Waals surface area (Å²) < 4.78 is 13.0. The Morgan fingerprint density at radius 2 is 1.72 bits per heavy atom. The minimum atomic E-state index is -0.295. The summed E-state index contributed by atoms with van der Waals surface area (Å²) >= 11 is 0. The number of carbonyl (C=O) groups is 1. The van der Waals surface area contributed by atoms with E-state index in [4.69, 9.17) is 0 Å². The standard InChI is InChI=1S/C15H11FO2/c16-14-3-1-2-11(9-14)4-5-12-6-7-15(18)13(8-12)10-17/h1-10,18H/b5-4+. The average Bonchev–Trinajstić information content (AvgIpc) is 2.38. The number of hydrogen-bond donors (Lipinski definition) is 1. The highest BCUT2D eigenvalue weighted by atomic mass is 19.1. The SMILES string of the molecule is O=Cc1cc(/C=C/c2cccc(F)c2)ccc1O. The zero-order valence-corrected chi connectivity index (χ0v) is 9.51. The molecule has 0 unspecified atom stereocenters. The largest absolute Gasteiger partial charge is 0.507 e. The van der Waals surface area contributed by atoms with E-state index in [0.29, 0.717) is 6.29 Å². The minimum absolute atomic E-state index is 0.0482. The molecule has 0 saturated carbocycles. The van der Waals surface area contributed by atoms with Gasteiger partial charge in [-0.3, -0.25) is 4.79 Å². The van der Waals surface area contributed by atoms with Crippen LogP contribution in [0.4, 0.5) is 4.39 Å². The smallest absolute Gasteiger partial charge is 0.153 e. The maximum Gasteiger partial charge on any atom is 0.153 e. The number of hydrogen-bond acceptors (Lipinski definition) is 2. The highest BCUT2D eigenvalue weighted by molar-refractivity contribution is 5.81. The molecule has 0 heterocycles. The van der Waals surface area contributed by atoms with Crippen LogP contribution in [0.1, 0.15) is 21.5 Å². The van der Waals surface area contributed by atoms with E-state index in [1.165, 1.54) is 18.2 Å². The topological polar surface area (TPSA) is 37.3 Å². The summed E-state index contributed by atoms with van der Waals surface area (Å²) in [7, 11) is 0. The molecule has 90 valence electrons. The lowest BCUT2D eigenvalue weighted by atomic mass is 10.1.